The molecule has 0 saturated carbocycles. The molecule has 1 amide bonds. The number of primary amides is 1. The minimum absolute atomic E-state index is 0.917. The summed E-state index contributed by atoms with van der Waals surface area (Å²) in [6.45, 7) is 2.07. The van der Waals surface area contributed by atoms with Crippen LogP contribution in [-0.4, -0.2) is 12.1 Å². The first kappa shape index (κ1) is 13.4. The third-order valence-electron chi connectivity index (χ3n) is 0.674. The molecular formula is C7H10F3NO. The van der Waals surface area contributed by atoms with Gasteiger partial charge in [-0.25, -0.2) is 0 Å². The lowest BCUT2D eigenvalue weighted by Gasteiger charge is -1.95. The highest BCUT2D eigenvalue weighted by molar-refractivity contribution is 5.79. The number of alkyl halides is 3. The van der Waals surface area contributed by atoms with E-state index >= 15 is 0 Å². The second-order valence-corrected chi connectivity index (χ2v) is 1.82. The maximum Gasteiger partial charge on any atom is 0.470 e. The topological polar surface area (TPSA) is 43.1 Å². The number of hydrogen-bond donors (Lipinski definition) is 1. The molecule has 0 aliphatic rings. The highest BCUT2D eigenvalue weighted by Gasteiger charge is 2.35. The molecule has 12 heavy (non-hydrogen) atoms. The third-order valence-corrected chi connectivity index (χ3v) is 0.674. The number of halogens is 3. The summed E-state index contributed by atoms with van der Waals surface area (Å²) in [5.74, 6) is 0.260. The second kappa shape index (κ2) is 6.53. The first-order chi connectivity index (χ1) is 5.36. The summed E-state index contributed by atoms with van der Waals surface area (Å²) in [5.41, 5.74) is 3.81. The molecule has 0 aliphatic carbocycles. The summed E-state index contributed by atoms with van der Waals surface area (Å²) < 4.78 is 32.1. The molecule has 0 saturated heterocycles. The minimum Gasteiger partial charge on any atom is -0.362 e. The van der Waals surface area contributed by atoms with Crippen LogP contribution in [0.1, 0.15) is 19.8 Å². The molecule has 70 valence electrons. The predicted molar refractivity (Wildman–Crippen MR) is 39.0 cm³/mol. The second-order valence-electron chi connectivity index (χ2n) is 1.82. The van der Waals surface area contributed by atoms with Crippen LogP contribution < -0.4 is 5.73 Å². The first-order valence-electron chi connectivity index (χ1n) is 3.16. The van der Waals surface area contributed by atoms with Crippen molar-refractivity contribution >= 4 is 5.91 Å². The van der Waals surface area contributed by atoms with Gasteiger partial charge in [0.05, 0.1) is 0 Å². The smallest absolute Gasteiger partial charge is 0.362 e. The number of amides is 1. The molecule has 0 spiro atoms. The van der Waals surface area contributed by atoms with E-state index < -0.39 is 12.1 Å². The number of carbonyl (C=O) groups excluding carboxylic acids is 1. The largest absolute Gasteiger partial charge is 0.470 e. The molecular weight excluding hydrogens is 171 g/mol. The Balaban J connectivity index is 0. The molecule has 0 aromatic heterocycles. The van der Waals surface area contributed by atoms with Crippen LogP contribution in [0, 0.1) is 12.3 Å². The summed E-state index contributed by atoms with van der Waals surface area (Å²) >= 11 is 0. The van der Waals surface area contributed by atoms with Gasteiger partial charge >= 0.3 is 12.1 Å². The van der Waals surface area contributed by atoms with Gasteiger partial charge in [0.15, 0.2) is 0 Å². The van der Waals surface area contributed by atoms with Crippen LogP contribution in [0.4, 0.5) is 13.2 Å². The molecule has 0 fully saturated rings. The molecule has 0 radical (unpaired) electrons. The fourth-order valence-corrected chi connectivity index (χ4v) is 0.144. The summed E-state index contributed by atoms with van der Waals surface area (Å²) in [4.78, 5) is 9.12. The van der Waals surface area contributed by atoms with E-state index in [1.54, 1.807) is 0 Å². The number of unbranched alkanes of at least 4 members (excludes halogenated alkanes) is 1. The van der Waals surface area contributed by atoms with Gasteiger partial charge in [0.25, 0.3) is 0 Å². The molecule has 0 aromatic carbocycles. The maximum absolute atomic E-state index is 10.7. The van der Waals surface area contributed by atoms with E-state index in [-0.39, 0.29) is 0 Å². The summed E-state index contributed by atoms with van der Waals surface area (Å²) in [5, 5.41) is 0. The maximum atomic E-state index is 10.7. The average molecular weight is 181 g/mol. The number of terminal acetylenes is 1. The van der Waals surface area contributed by atoms with Gasteiger partial charge in [-0.05, 0) is 6.42 Å². The summed E-state index contributed by atoms with van der Waals surface area (Å²) in [6, 6.07) is 0. The van der Waals surface area contributed by atoms with Gasteiger partial charge in [-0.1, -0.05) is 6.92 Å². The molecule has 0 heterocycles. The van der Waals surface area contributed by atoms with E-state index in [0.29, 0.717) is 0 Å². The van der Waals surface area contributed by atoms with Gasteiger partial charge in [-0.15, -0.1) is 12.3 Å². The zero-order chi connectivity index (χ0) is 10.2. The third kappa shape index (κ3) is 11.6. The fraction of sp³-hybridized carbons (Fsp3) is 0.571. The van der Waals surface area contributed by atoms with E-state index in [1.807, 2.05) is 0 Å². The Bertz CT molecular complexity index is 168. The van der Waals surface area contributed by atoms with Crippen LogP contribution in [-0.2, 0) is 4.79 Å². The molecule has 0 bridgehead atoms. The van der Waals surface area contributed by atoms with Crippen LogP contribution in [0.2, 0.25) is 0 Å². The van der Waals surface area contributed by atoms with Gasteiger partial charge in [0.2, 0.25) is 0 Å². The SMILES string of the molecule is C#CCCC.NC(=O)C(F)(F)F. The van der Waals surface area contributed by atoms with Crippen molar-refractivity contribution in [2.24, 2.45) is 5.73 Å². The Morgan fingerprint density at radius 3 is 1.92 bits per heavy atom. The summed E-state index contributed by atoms with van der Waals surface area (Å²) in [6.07, 6.45) is 2.05. The highest BCUT2D eigenvalue weighted by atomic mass is 19.4. The Morgan fingerprint density at radius 1 is 1.58 bits per heavy atom. The molecule has 0 atom stereocenters. The average Bonchev–Trinajstić information content (AvgIpc) is 1.88. The molecule has 0 aliphatic heterocycles. The Labute approximate surface area is 68.9 Å². The fourth-order valence-electron chi connectivity index (χ4n) is 0.144. The van der Waals surface area contributed by atoms with Gasteiger partial charge < -0.3 is 5.73 Å². The molecule has 5 heteroatoms. The quantitative estimate of drug-likeness (QED) is 0.611. The van der Waals surface area contributed by atoms with Crippen LogP contribution in [0.15, 0.2) is 0 Å². The van der Waals surface area contributed by atoms with Crippen molar-refractivity contribution in [1.29, 1.82) is 0 Å². The van der Waals surface area contributed by atoms with Gasteiger partial charge in [0.1, 0.15) is 0 Å². The predicted octanol–water partition coefficient (Wildman–Crippen LogP) is 1.45. The number of carbonyl (C=O) groups is 1. The van der Waals surface area contributed by atoms with Crippen molar-refractivity contribution in [1.82, 2.24) is 0 Å². The first-order valence-corrected chi connectivity index (χ1v) is 3.16. The monoisotopic (exact) mass is 181 g/mol. The van der Waals surface area contributed by atoms with Crippen LogP contribution >= 0.6 is 0 Å². The lowest BCUT2D eigenvalue weighted by molar-refractivity contribution is -0.169. The van der Waals surface area contributed by atoms with E-state index in [4.69, 9.17) is 11.2 Å². The van der Waals surface area contributed by atoms with Crippen LogP contribution in [0.25, 0.3) is 0 Å². The van der Waals surface area contributed by atoms with Crippen LogP contribution in [0.5, 0.6) is 0 Å². The zero-order valence-corrected chi connectivity index (χ0v) is 6.61. The van der Waals surface area contributed by atoms with Crippen molar-refractivity contribution in [2.45, 2.75) is 25.9 Å². The minimum atomic E-state index is -4.86. The van der Waals surface area contributed by atoms with E-state index in [9.17, 15) is 13.2 Å². The highest BCUT2D eigenvalue weighted by Crippen LogP contribution is 2.11. The Hall–Kier alpha value is -1.18. The van der Waals surface area contributed by atoms with Crippen molar-refractivity contribution < 1.29 is 18.0 Å². The van der Waals surface area contributed by atoms with E-state index in [0.717, 1.165) is 12.8 Å². The van der Waals surface area contributed by atoms with E-state index in [2.05, 4.69) is 18.6 Å². The van der Waals surface area contributed by atoms with Gasteiger partial charge in [0, 0.05) is 6.42 Å². The van der Waals surface area contributed by atoms with Gasteiger partial charge in [-0.3, -0.25) is 4.79 Å². The number of rotatable bonds is 1. The molecule has 2 nitrogen and oxygen atoms in total. The Kier molecular flexibility index (Phi) is 7.29. The Morgan fingerprint density at radius 2 is 1.92 bits per heavy atom. The molecule has 0 aromatic rings. The van der Waals surface area contributed by atoms with Crippen molar-refractivity contribution in [3.63, 3.8) is 0 Å². The van der Waals surface area contributed by atoms with Crippen molar-refractivity contribution in [3.8, 4) is 12.3 Å². The molecule has 0 unspecified atom stereocenters. The lowest BCUT2D eigenvalue weighted by atomic mass is 10.4. The van der Waals surface area contributed by atoms with Crippen LogP contribution in [0.3, 0.4) is 0 Å². The lowest BCUT2D eigenvalue weighted by Crippen LogP contribution is -2.30. The molecule has 0 rings (SSSR count). The zero-order valence-electron chi connectivity index (χ0n) is 6.61. The normalized spacial score (nSPS) is 9.25. The number of hydrogen-bond acceptors (Lipinski definition) is 1. The standard InChI is InChI=1S/C5H8.C2H2F3NO/c1-3-5-4-2;3-2(4,5)1(6)7/h1H,4-5H2,2H3;(H2,6,7). The van der Waals surface area contributed by atoms with Crippen molar-refractivity contribution in [3.05, 3.63) is 0 Å². The summed E-state index contributed by atoms with van der Waals surface area (Å²) in [7, 11) is 0. The molecule has 2 N–H and O–H groups in total. The van der Waals surface area contributed by atoms with Gasteiger partial charge in [-0.2, -0.15) is 13.2 Å². The van der Waals surface area contributed by atoms with Crippen molar-refractivity contribution in [2.75, 3.05) is 0 Å². The number of nitrogens with two attached hydrogens (primary N) is 1. The van der Waals surface area contributed by atoms with E-state index in [1.165, 1.54) is 0 Å².